The Kier molecular flexibility index (Phi) is 25.5. The number of carbonyl (C=O) groups excluding carboxylic acids is 6. The summed E-state index contributed by atoms with van der Waals surface area (Å²) in [5.74, 6) is 0.0889. The molecule has 0 aliphatic heterocycles. The fourth-order valence-electron chi connectivity index (χ4n) is 17.8. The van der Waals surface area contributed by atoms with Crippen molar-refractivity contribution < 1.29 is 57.2 Å². The number of nitrogens with zero attached hydrogens (tertiary/aromatic N) is 2. The van der Waals surface area contributed by atoms with Gasteiger partial charge in [0.15, 0.2) is 11.6 Å². The maximum Gasteiger partial charge on any atom is 0.226 e. The third-order valence-electron chi connectivity index (χ3n) is 23.8. The van der Waals surface area contributed by atoms with Crippen molar-refractivity contribution in [3.8, 4) is 12.1 Å². The van der Waals surface area contributed by atoms with Crippen LogP contribution in [-0.4, -0.2) is 128 Å². The van der Waals surface area contributed by atoms with Crippen LogP contribution in [0.1, 0.15) is 207 Å². The van der Waals surface area contributed by atoms with Gasteiger partial charge in [-0.15, -0.1) is 0 Å². The number of ether oxygens (including phenoxy) is 6. The minimum absolute atomic E-state index is 0.0262. The molecule has 0 aromatic heterocycles. The average molecular weight is 1270 g/mol. The fourth-order valence-corrected chi connectivity index (χ4v) is 17.8. The number of aldehydes is 2. The van der Waals surface area contributed by atoms with Gasteiger partial charge in [-0.25, -0.2) is 0 Å². The molecule has 0 bridgehead atoms. The molecule has 2 amide bonds. The summed E-state index contributed by atoms with van der Waals surface area (Å²) in [5, 5.41) is 26.5. The molecule has 0 saturated heterocycles. The van der Waals surface area contributed by atoms with Gasteiger partial charge in [-0.2, -0.15) is 10.5 Å². The van der Waals surface area contributed by atoms with E-state index in [-0.39, 0.29) is 79.4 Å². The lowest BCUT2D eigenvalue weighted by Gasteiger charge is -2.63. The second-order valence-electron chi connectivity index (χ2n) is 32.6. The van der Waals surface area contributed by atoms with Crippen LogP contribution in [-0.2, 0) is 57.2 Å². The molecule has 6 atom stereocenters. The molecule has 0 aromatic rings. The van der Waals surface area contributed by atoms with Crippen LogP contribution in [0.3, 0.4) is 0 Å². The maximum atomic E-state index is 14.3. The Labute approximate surface area is 546 Å². The number of nitrogens with one attached hydrogen (secondary N) is 2. The first-order chi connectivity index (χ1) is 42.7. The SMILES string of the molecule is CC(C)(C)CCC1(C(=O)NCCOCCOCCOCCOCCOCCOCCNC(=O)C2(CCC(C)(C)C)CCC(C)(C3(C)CCC4C(C)(C)C(=O)C(C#N)=CC4(C)/C3=C/C=O)CC2)CCC(C2(C)CCC3C(C)(C)C(=O)C(C#N)=C[C@]3(C)/C2=C/C=O)CC1. The minimum Gasteiger partial charge on any atom is -0.377 e. The fraction of sp³-hybridized carbons (Fsp3) is 0.787. The molecule has 2 N–H and O–H groups in total. The minimum atomic E-state index is -0.737. The van der Waals surface area contributed by atoms with Gasteiger partial charge in [0.05, 0.1) is 90.4 Å². The van der Waals surface area contributed by atoms with Crippen molar-refractivity contribution in [1.82, 2.24) is 10.6 Å². The number of fused-ring (bicyclic) bond motifs is 2. The van der Waals surface area contributed by atoms with Gasteiger partial charge in [0.25, 0.3) is 0 Å². The molecular formula is C75H116N4O12. The van der Waals surface area contributed by atoms with Crippen LogP contribution in [0.4, 0.5) is 0 Å². The Morgan fingerprint density at radius 2 is 0.857 bits per heavy atom. The van der Waals surface area contributed by atoms with E-state index in [1.807, 2.05) is 39.8 Å². The first-order valence-corrected chi connectivity index (χ1v) is 34.4. The van der Waals surface area contributed by atoms with Crippen LogP contribution in [0, 0.1) is 100.0 Å². The van der Waals surface area contributed by atoms with Gasteiger partial charge in [-0.3, -0.25) is 28.8 Å². The van der Waals surface area contributed by atoms with Crippen LogP contribution in [0.5, 0.6) is 0 Å². The lowest BCUT2D eigenvalue weighted by Crippen LogP contribution is -2.57. The molecule has 0 radical (unpaired) electrons. The summed E-state index contributed by atoms with van der Waals surface area (Å²) in [6.45, 7) is 37.9. The van der Waals surface area contributed by atoms with Gasteiger partial charge in [-0.1, -0.05) is 127 Å². The van der Waals surface area contributed by atoms with Gasteiger partial charge < -0.3 is 39.1 Å². The zero-order chi connectivity index (χ0) is 67.4. The van der Waals surface area contributed by atoms with E-state index < -0.39 is 32.5 Å². The molecule has 6 rings (SSSR count). The topological polar surface area (TPSA) is 229 Å². The van der Waals surface area contributed by atoms with Crippen LogP contribution >= 0.6 is 0 Å². The number of amides is 2. The largest absolute Gasteiger partial charge is 0.377 e. The summed E-state index contributed by atoms with van der Waals surface area (Å²) in [7, 11) is 0. The second kappa shape index (κ2) is 30.8. The molecule has 508 valence electrons. The van der Waals surface area contributed by atoms with Gasteiger partial charge in [-0.05, 0) is 160 Å². The van der Waals surface area contributed by atoms with Crippen molar-refractivity contribution in [3.63, 3.8) is 0 Å². The Hall–Kier alpha value is -4.68. The van der Waals surface area contributed by atoms with E-state index in [2.05, 4.69) is 98.9 Å². The number of carbonyl (C=O) groups is 6. The number of Topliss-reactive ketones (excluding diaryl/α,β-unsaturated/α-hetero) is 2. The van der Waals surface area contributed by atoms with Crippen LogP contribution < -0.4 is 10.6 Å². The molecule has 0 aromatic carbocycles. The Balaban J connectivity index is 0.812. The molecular weight excluding hydrogens is 1150 g/mol. The smallest absolute Gasteiger partial charge is 0.226 e. The quantitative estimate of drug-likeness (QED) is 0.0374. The zero-order valence-electron chi connectivity index (χ0n) is 58.7. The predicted molar refractivity (Wildman–Crippen MR) is 353 cm³/mol. The van der Waals surface area contributed by atoms with E-state index in [9.17, 15) is 39.3 Å². The van der Waals surface area contributed by atoms with E-state index in [0.29, 0.717) is 92.4 Å². The third kappa shape index (κ3) is 16.9. The molecule has 16 heteroatoms. The number of rotatable bonds is 31. The molecule has 6 aliphatic carbocycles. The molecule has 6 aliphatic rings. The molecule has 0 spiro atoms. The Bertz CT molecular complexity index is 2780. The third-order valence-corrected chi connectivity index (χ3v) is 23.8. The first-order valence-electron chi connectivity index (χ1n) is 34.4. The van der Waals surface area contributed by atoms with Gasteiger partial charge in [0, 0.05) is 45.6 Å². The number of allylic oxidation sites excluding steroid dienone is 8. The van der Waals surface area contributed by atoms with Crippen molar-refractivity contribution in [2.45, 2.75) is 207 Å². The first kappa shape index (κ1) is 75.3. The molecule has 4 saturated carbocycles. The van der Waals surface area contributed by atoms with E-state index in [1.165, 1.54) is 0 Å². The highest BCUT2D eigenvalue weighted by Gasteiger charge is 2.64. The highest BCUT2D eigenvalue weighted by atomic mass is 16.6. The van der Waals surface area contributed by atoms with Crippen LogP contribution in [0.25, 0.3) is 0 Å². The normalized spacial score (nSPS) is 33.2. The molecule has 0 heterocycles. The summed E-state index contributed by atoms with van der Waals surface area (Å²) < 4.78 is 34.5. The molecule has 4 fully saturated rings. The summed E-state index contributed by atoms with van der Waals surface area (Å²) in [6.07, 6.45) is 21.9. The van der Waals surface area contributed by atoms with E-state index >= 15 is 0 Å². The Morgan fingerprint density at radius 1 is 0.505 bits per heavy atom. The van der Waals surface area contributed by atoms with Gasteiger partial charge in [0.1, 0.15) is 24.7 Å². The number of nitriles is 2. The zero-order valence-corrected chi connectivity index (χ0v) is 58.7. The molecule has 91 heavy (non-hydrogen) atoms. The van der Waals surface area contributed by atoms with Crippen molar-refractivity contribution in [2.75, 3.05) is 92.4 Å². The molecule has 16 nitrogen and oxygen atoms in total. The Morgan fingerprint density at radius 3 is 1.23 bits per heavy atom. The second-order valence-corrected chi connectivity index (χ2v) is 32.6. The summed E-state index contributed by atoms with van der Waals surface area (Å²) in [6, 6.07) is 4.35. The highest BCUT2D eigenvalue weighted by Crippen LogP contribution is 2.70. The van der Waals surface area contributed by atoms with Gasteiger partial charge in [0.2, 0.25) is 11.8 Å². The van der Waals surface area contributed by atoms with Crippen molar-refractivity contribution >= 4 is 36.0 Å². The van der Waals surface area contributed by atoms with Gasteiger partial charge >= 0.3 is 0 Å². The maximum absolute atomic E-state index is 14.3. The number of hydrogen-bond donors (Lipinski definition) is 2. The van der Waals surface area contributed by atoms with Crippen LogP contribution in [0.15, 0.2) is 46.6 Å². The van der Waals surface area contributed by atoms with E-state index in [4.69, 9.17) is 28.4 Å². The van der Waals surface area contributed by atoms with Crippen molar-refractivity contribution in [1.29, 1.82) is 10.5 Å². The number of hydrogen-bond acceptors (Lipinski definition) is 14. The predicted octanol–water partition coefficient (Wildman–Crippen LogP) is 12.9. The highest BCUT2D eigenvalue weighted by molar-refractivity contribution is 6.05. The lowest BCUT2D eigenvalue weighted by atomic mass is 9.40. The summed E-state index contributed by atoms with van der Waals surface area (Å²) >= 11 is 0. The summed E-state index contributed by atoms with van der Waals surface area (Å²) in [4.78, 5) is 80.0. The monoisotopic (exact) mass is 1260 g/mol. The lowest BCUT2D eigenvalue weighted by molar-refractivity contribution is -0.139. The number of ketones is 2. The van der Waals surface area contributed by atoms with Crippen LogP contribution in [0.2, 0.25) is 0 Å². The van der Waals surface area contributed by atoms with Crippen molar-refractivity contribution in [2.24, 2.45) is 77.3 Å². The molecule has 5 unspecified atom stereocenters. The van der Waals surface area contributed by atoms with E-state index in [1.54, 1.807) is 12.2 Å². The van der Waals surface area contributed by atoms with E-state index in [0.717, 1.165) is 126 Å². The van der Waals surface area contributed by atoms with Crippen molar-refractivity contribution in [3.05, 3.63) is 46.6 Å². The summed E-state index contributed by atoms with van der Waals surface area (Å²) in [5.41, 5.74) is -2.14. The average Bonchev–Trinajstić information content (AvgIpc) is 0.707. The standard InChI is InChI=1S/C75H116N4O12/c1-65(2,3)26-30-74(24-16-56(17-25-74)70(12)22-18-57-67(7,8)61(82)54(52-76)50-71(57,13)59(70)20-36-80)63(84)78-34-38-86-40-42-88-44-46-90-48-49-91-47-45-89-43-41-87-39-35-79-64(85)75(31-27-66(4,5)6)32-28-69(11,29-33-75)73(15)23-19-58-68(9,10)62(83)55(53-77)51-72(58,14)60(73)21-37-81/h20-21,36-37,50-51,56-58H,16-19,22-35,38-49H2,1-15H3,(H,78,84)(H,79,85)/b59-20+,60-21-/t56?,57?,58?,69?,70?,71-,72?,73?,74?,75?/m0/s1.